The molecule has 2 aromatic rings. The zero-order valence-corrected chi connectivity index (χ0v) is 16.2. The number of amides is 2. The second-order valence-corrected chi connectivity index (χ2v) is 8.03. The molecule has 0 aliphatic carbocycles. The maximum absolute atomic E-state index is 12.8. The molecular formula is C18H22N4O4S. The minimum Gasteiger partial charge on any atom is -0.376 e. The number of nitrogens with one attached hydrogen (secondary N) is 1. The first-order chi connectivity index (χ1) is 13.0. The van der Waals surface area contributed by atoms with Crippen LogP contribution in [0.5, 0.6) is 0 Å². The van der Waals surface area contributed by atoms with Gasteiger partial charge < -0.3 is 19.5 Å². The summed E-state index contributed by atoms with van der Waals surface area (Å²) in [6.45, 7) is 5.76. The Morgan fingerprint density at radius 2 is 2.07 bits per heavy atom. The van der Waals surface area contributed by atoms with Crippen molar-refractivity contribution >= 4 is 28.2 Å². The number of piperidine rings is 1. The average molecular weight is 390 g/mol. The van der Waals surface area contributed by atoms with Gasteiger partial charge in [-0.3, -0.25) is 9.59 Å². The zero-order chi connectivity index (χ0) is 19.0. The first-order valence-corrected chi connectivity index (χ1v) is 9.94. The Balaban J connectivity index is 1.56. The Kier molecular flexibility index (Phi) is 4.96. The number of ether oxygens (including phenoxy) is 1. The number of hydrogen-bond acceptors (Lipinski definition) is 7. The summed E-state index contributed by atoms with van der Waals surface area (Å²) in [5.41, 5.74) is 1.95. The minimum atomic E-state index is -0.103. The van der Waals surface area contributed by atoms with Gasteiger partial charge in [0.1, 0.15) is 5.00 Å². The van der Waals surface area contributed by atoms with Crippen LogP contribution < -0.4 is 5.32 Å². The second-order valence-electron chi connectivity index (χ2n) is 6.93. The summed E-state index contributed by atoms with van der Waals surface area (Å²) in [6.07, 6.45) is 2.11. The lowest BCUT2D eigenvalue weighted by atomic mass is 9.96. The Labute approximate surface area is 160 Å². The molecule has 0 bridgehead atoms. The van der Waals surface area contributed by atoms with Gasteiger partial charge in [0.25, 0.3) is 5.89 Å². The van der Waals surface area contributed by atoms with Gasteiger partial charge in [-0.2, -0.15) is 4.98 Å². The number of rotatable bonds is 3. The van der Waals surface area contributed by atoms with Crippen molar-refractivity contribution in [1.29, 1.82) is 0 Å². The van der Waals surface area contributed by atoms with E-state index >= 15 is 0 Å². The maximum Gasteiger partial charge on any atom is 0.261 e. The molecule has 2 aliphatic rings. The molecule has 4 heterocycles. The van der Waals surface area contributed by atoms with Gasteiger partial charge in [0, 0.05) is 30.8 Å². The predicted molar refractivity (Wildman–Crippen MR) is 99.3 cm³/mol. The third-order valence-electron chi connectivity index (χ3n) is 5.11. The number of hydrogen-bond donors (Lipinski definition) is 1. The highest BCUT2D eigenvalue weighted by molar-refractivity contribution is 7.17. The summed E-state index contributed by atoms with van der Waals surface area (Å²) in [5.74, 6) is 0.941. The summed E-state index contributed by atoms with van der Waals surface area (Å²) in [4.78, 5) is 31.6. The number of fused-ring (bicyclic) bond motifs is 1. The van der Waals surface area contributed by atoms with Crippen molar-refractivity contribution in [3.05, 3.63) is 16.3 Å². The second kappa shape index (κ2) is 7.40. The molecule has 0 saturated carbocycles. The van der Waals surface area contributed by atoms with E-state index in [1.54, 1.807) is 18.7 Å². The first-order valence-electron chi connectivity index (χ1n) is 9.12. The molecule has 0 unspecified atom stereocenters. The topological polar surface area (TPSA) is 97.6 Å². The lowest BCUT2D eigenvalue weighted by molar-refractivity contribution is -0.132. The van der Waals surface area contributed by atoms with Crippen molar-refractivity contribution in [3.8, 4) is 11.5 Å². The number of likely N-dealkylation sites (tertiary alicyclic amines) is 1. The van der Waals surface area contributed by atoms with Crippen LogP contribution >= 0.6 is 11.3 Å². The Hall–Kier alpha value is -2.26. The van der Waals surface area contributed by atoms with Crippen LogP contribution in [0.1, 0.15) is 36.0 Å². The van der Waals surface area contributed by atoms with Crippen molar-refractivity contribution in [2.75, 3.05) is 25.0 Å². The number of carbonyl (C=O) groups is 2. The highest BCUT2D eigenvalue weighted by Crippen LogP contribution is 2.42. The summed E-state index contributed by atoms with van der Waals surface area (Å²) in [7, 11) is 0. The molecule has 0 spiro atoms. The van der Waals surface area contributed by atoms with E-state index in [1.807, 2.05) is 0 Å². The predicted octanol–water partition coefficient (Wildman–Crippen LogP) is 2.38. The molecule has 1 N–H and O–H groups in total. The zero-order valence-electron chi connectivity index (χ0n) is 15.4. The number of thiophene rings is 1. The number of anilines is 1. The fourth-order valence-electron chi connectivity index (χ4n) is 3.62. The van der Waals surface area contributed by atoms with Gasteiger partial charge in [-0.05, 0) is 31.7 Å². The van der Waals surface area contributed by atoms with E-state index in [-0.39, 0.29) is 17.7 Å². The smallest absolute Gasteiger partial charge is 0.261 e. The van der Waals surface area contributed by atoms with Gasteiger partial charge in [0.2, 0.25) is 11.8 Å². The number of aryl methyl sites for hydroxylation is 1. The fourth-order valence-corrected chi connectivity index (χ4v) is 4.80. The summed E-state index contributed by atoms with van der Waals surface area (Å²) < 4.78 is 10.9. The van der Waals surface area contributed by atoms with Crippen LogP contribution in [-0.2, 0) is 27.4 Å². The van der Waals surface area contributed by atoms with Gasteiger partial charge in [-0.25, -0.2) is 0 Å². The lowest BCUT2D eigenvalue weighted by Crippen LogP contribution is -2.40. The first kappa shape index (κ1) is 18.1. The maximum atomic E-state index is 12.8. The molecule has 27 heavy (non-hydrogen) atoms. The van der Waals surface area contributed by atoms with E-state index in [0.717, 1.165) is 27.4 Å². The minimum absolute atomic E-state index is 0.0183. The fraction of sp³-hybridized carbons (Fsp3) is 0.556. The Morgan fingerprint density at radius 1 is 1.30 bits per heavy atom. The van der Waals surface area contributed by atoms with Gasteiger partial charge in [-0.15, -0.1) is 11.3 Å². The SMILES string of the molecule is CC(=O)N1CCC(C(=O)Nc2sc3c(c2-c2nc(C)no2)CCOC3)CC1. The highest BCUT2D eigenvalue weighted by atomic mass is 32.1. The van der Waals surface area contributed by atoms with E-state index in [9.17, 15) is 9.59 Å². The average Bonchev–Trinajstić information content (AvgIpc) is 3.24. The molecule has 1 fully saturated rings. The molecular weight excluding hydrogens is 368 g/mol. The van der Waals surface area contributed by atoms with Crippen LogP contribution in [0.25, 0.3) is 11.5 Å². The van der Waals surface area contributed by atoms with Gasteiger partial charge >= 0.3 is 0 Å². The Bertz CT molecular complexity index is 867. The molecule has 8 nitrogen and oxygen atoms in total. The molecule has 1 saturated heterocycles. The molecule has 2 aromatic heterocycles. The summed E-state index contributed by atoms with van der Waals surface area (Å²) >= 11 is 1.51. The van der Waals surface area contributed by atoms with Crippen LogP contribution in [0.4, 0.5) is 5.00 Å². The molecule has 144 valence electrons. The van der Waals surface area contributed by atoms with E-state index < -0.39 is 0 Å². The van der Waals surface area contributed by atoms with E-state index in [0.29, 0.717) is 50.9 Å². The van der Waals surface area contributed by atoms with Crippen LogP contribution in [0.2, 0.25) is 0 Å². The van der Waals surface area contributed by atoms with Gasteiger partial charge in [0.05, 0.1) is 18.8 Å². The van der Waals surface area contributed by atoms with Crippen molar-refractivity contribution in [1.82, 2.24) is 15.0 Å². The van der Waals surface area contributed by atoms with Crippen LogP contribution in [-0.4, -0.2) is 46.6 Å². The monoisotopic (exact) mass is 390 g/mol. The molecule has 9 heteroatoms. The molecule has 2 amide bonds. The molecule has 0 atom stereocenters. The number of aromatic nitrogens is 2. The van der Waals surface area contributed by atoms with Crippen LogP contribution in [0.3, 0.4) is 0 Å². The molecule has 4 rings (SSSR count). The largest absolute Gasteiger partial charge is 0.376 e. The third-order valence-corrected chi connectivity index (χ3v) is 6.23. The van der Waals surface area contributed by atoms with E-state index in [1.165, 1.54) is 11.3 Å². The normalized spacial score (nSPS) is 17.6. The van der Waals surface area contributed by atoms with Crippen molar-refractivity contribution in [2.24, 2.45) is 5.92 Å². The number of carbonyl (C=O) groups excluding carboxylic acids is 2. The van der Waals surface area contributed by atoms with E-state index in [2.05, 4.69) is 15.5 Å². The molecule has 0 aromatic carbocycles. The van der Waals surface area contributed by atoms with Crippen LogP contribution in [0.15, 0.2) is 4.52 Å². The molecule has 0 radical (unpaired) electrons. The van der Waals surface area contributed by atoms with Crippen molar-refractivity contribution in [2.45, 2.75) is 39.7 Å². The standard InChI is InChI=1S/C18H22N4O4S/c1-10-19-17(26-21-10)15-13-5-8-25-9-14(13)27-18(15)20-16(24)12-3-6-22(7-4-12)11(2)23/h12H,3-9H2,1-2H3,(H,20,24). The van der Waals surface area contributed by atoms with Crippen LogP contribution in [0, 0.1) is 12.8 Å². The van der Waals surface area contributed by atoms with Gasteiger partial charge in [0.15, 0.2) is 5.82 Å². The summed E-state index contributed by atoms with van der Waals surface area (Å²) in [6, 6.07) is 0. The number of nitrogens with zero attached hydrogens (tertiary/aromatic N) is 3. The highest BCUT2D eigenvalue weighted by Gasteiger charge is 2.30. The molecule has 2 aliphatic heterocycles. The summed E-state index contributed by atoms with van der Waals surface area (Å²) in [5, 5.41) is 7.72. The van der Waals surface area contributed by atoms with E-state index in [4.69, 9.17) is 9.26 Å². The Morgan fingerprint density at radius 3 is 2.74 bits per heavy atom. The lowest BCUT2D eigenvalue weighted by Gasteiger charge is -2.30. The van der Waals surface area contributed by atoms with Crippen molar-refractivity contribution in [3.63, 3.8) is 0 Å². The third kappa shape index (κ3) is 3.61. The van der Waals surface area contributed by atoms with Crippen molar-refractivity contribution < 1.29 is 18.8 Å². The van der Waals surface area contributed by atoms with Gasteiger partial charge in [-0.1, -0.05) is 5.16 Å². The quantitative estimate of drug-likeness (QED) is 0.864.